The van der Waals surface area contributed by atoms with E-state index in [-0.39, 0.29) is 0 Å². The van der Waals surface area contributed by atoms with Crippen LogP contribution in [0.2, 0.25) is 0 Å². The molecular weight excluding hydrogens is 174 g/mol. The number of nitriles is 1. The van der Waals surface area contributed by atoms with Gasteiger partial charge in [0.1, 0.15) is 5.75 Å². The van der Waals surface area contributed by atoms with Crippen molar-refractivity contribution in [2.45, 2.75) is 26.2 Å². The third kappa shape index (κ3) is 3.49. The molecule has 0 aliphatic rings. The molecule has 0 aliphatic heterocycles. The third-order valence-electron chi connectivity index (χ3n) is 1.92. The van der Waals surface area contributed by atoms with Gasteiger partial charge in [0.2, 0.25) is 0 Å². The van der Waals surface area contributed by atoms with Gasteiger partial charge in [0, 0.05) is 6.42 Å². The van der Waals surface area contributed by atoms with Crippen LogP contribution < -0.4 is 4.74 Å². The number of nitrogens with zero attached hydrogens (tertiary/aromatic N) is 1. The Morgan fingerprint density at radius 2 is 2.00 bits per heavy atom. The molecule has 2 heteroatoms. The third-order valence-corrected chi connectivity index (χ3v) is 1.92. The lowest BCUT2D eigenvalue weighted by Gasteiger charge is -2.04. The van der Waals surface area contributed by atoms with Crippen LogP contribution in [-0.2, 0) is 6.42 Å². The van der Waals surface area contributed by atoms with E-state index in [0.29, 0.717) is 6.42 Å². The molecule has 2 nitrogen and oxygen atoms in total. The molecule has 74 valence electrons. The molecule has 1 rings (SSSR count). The van der Waals surface area contributed by atoms with Gasteiger partial charge in [0.05, 0.1) is 12.7 Å². The Bertz CT molecular complexity index is 297. The summed E-state index contributed by atoms with van der Waals surface area (Å²) in [5.41, 5.74) is 1.19. The first-order chi connectivity index (χ1) is 6.86. The number of ether oxygens (including phenoxy) is 1. The smallest absolute Gasteiger partial charge is 0.119 e. The first-order valence-corrected chi connectivity index (χ1v) is 4.95. The standard InChI is InChI=1S/C12H15NO/c1-2-10-14-12-7-5-11(6-8-12)4-3-9-13/h5-8H,2-4,10H2,1H3. The molecule has 1 aromatic rings. The van der Waals surface area contributed by atoms with Gasteiger partial charge >= 0.3 is 0 Å². The van der Waals surface area contributed by atoms with Crippen molar-refractivity contribution in [2.75, 3.05) is 6.61 Å². The largest absolute Gasteiger partial charge is 0.494 e. The van der Waals surface area contributed by atoms with Crippen LogP contribution >= 0.6 is 0 Å². The minimum Gasteiger partial charge on any atom is -0.494 e. The van der Waals surface area contributed by atoms with Crippen molar-refractivity contribution in [3.05, 3.63) is 29.8 Å². The maximum absolute atomic E-state index is 8.42. The van der Waals surface area contributed by atoms with Gasteiger partial charge in [-0.3, -0.25) is 0 Å². The number of rotatable bonds is 5. The fourth-order valence-electron chi connectivity index (χ4n) is 1.17. The zero-order chi connectivity index (χ0) is 10.2. The summed E-state index contributed by atoms with van der Waals surface area (Å²) in [7, 11) is 0. The van der Waals surface area contributed by atoms with Gasteiger partial charge in [0.15, 0.2) is 0 Å². The monoisotopic (exact) mass is 189 g/mol. The van der Waals surface area contributed by atoms with Gasteiger partial charge in [0.25, 0.3) is 0 Å². The number of aryl methyl sites for hydroxylation is 1. The van der Waals surface area contributed by atoms with Crippen molar-refractivity contribution < 1.29 is 4.74 Å². The summed E-state index contributed by atoms with van der Waals surface area (Å²) >= 11 is 0. The van der Waals surface area contributed by atoms with E-state index < -0.39 is 0 Å². The molecule has 0 spiro atoms. The SMILES string of the molecule is CCCOc1ccc(CCC#N)cc1. The van der Waals surface area contributed by atoms with E-state index in [4.69, 9.17) is 10.00 Å². The average molecular weight is 189 g/mol. The number of hydrogen-bond acceptors (Lipinski definition) is 2. The number of hydrogen-bond donors (Lipinski definition) is 0. The maximum atomic E-state index is 8.42. The van der Waals surface area contributed by atoms with E-state index >= 15 is 0 Å². The molecule has 0 saturated carbocycles. The topological polar surface area (TPSA) is 33.0 Å². The van der Waals surface area contributed by atoms with Crippen LogP contribution in [0.15, 0.2) is 24.3 Å². The molecule has 0 bridgehead atoms. The predicted molar refractivity (Wildman–Crippen MR) is 56.2 cm³/mol. The summed E-state index contributed by atoms with van der Waals surface area (Å²) < 4.78 is 5.45. The fraction of sp³-hybridized carbons (Fsp3) is 0.417. The van der Waals surface area contributed by atoms with Crippen LogP contribution in [0.3, 0.4) is 0 Å². The van der Waals surface area contributed by atoms with E-state index in [2.05, 4.69) is 13.0 Å². The van der Waals surface area contributed by atoms with E-state index in [1.54, 1.807) is 0 Å². The van der Waals surface area contributed by atoms with E-state index in [1.165, 1.54) is 5.56 Å². The Morgan fingerprint density at radius 1 is 1.29 bits per heavy atom. The molecule has 0 saturated heterocycles. The highest BCUT2D eigenvalue weighted by Crippen LogP contribution is 2.13. The summed E-state index contributed by atoms with van der Waals surface area (Å²) in [6.45, 7) is 2.85. The van der Waals surface area contributed by atoms with Gasteiger partial charge in [-0.05, 0) is 30.5 Å². The van der Waals surface area contributed by atoms with E-state index in [1.807, 2.05) is 24.3 Å². The lowest BCUT2D eigenvalue weighted by atomic mass is 10.1. The Labute approximate surface area is 85.1 Å². The summed E-state index contributed by atoms with van der Waals surface area (Å²) in [6, 6.07) is 10.1. The van der Waals surface area contributed by atoms with Crippen molar-refractivity contribution in [1.82, 2.24) is 0 Å². The van der Waals surface area contributed by atoms with Gasteiger partial charge in [-0.2, -0.15) is 5.26 Å². The van der Waals surface area contributed by atoms with Crippen molar-refractivity contribution in [3.63, 3.8) is 0 Å². The zero-order valence-electron chi connectivity index (χ0n) is 8.49. The van der Waals surface area contributed by atoms with Crippen molar-refractivity contribution in [2.24, 2.45) is 0 Å². The molecule has 0 fully saturated rings. The summed E-state index contributed by atoms with van der Waals surface area (Å²) in [5, 5.41) is 8.42. The molecule has 0 radical (unpaired) electrons. The van der Waals surface area contributed by atoms with Crippen LogP contribution in [0.1, 0.15) is 25.3 Å². The van der Waals surface area contributed by atoms with Gasteiger partial charge in [-0.25, -0.2) is 0 Å². The normalized spacial score (nSPS) is 9.43. The van der Waals surface area contributed by atoms with Crippen molar-refractivity contribution >= 4 is 0 Å². The lowest BCUT2D eigenvalue weighted by molar-refractivity contribution is 0.317. The van der Waals surface area contributed by atoms with Gasteiger partial charge < -0.3 is 4.74 Å². The highest BCUT2D eigenvalue weighted by atomic mass is 16.5. The molecule has 0 amide bonds. The average Bonchev–Trinajstić information content (AvgIpc) is 2.25. The van der Waals surface area contributed by atoms with Gasteiger partial charge in [-0.1, -0.05) is 19.1 Å². The van der Waals surface area contributed by atoms with Crippen molar-refractivity contribution in [3.8, 4) is 11.8 Å². The molecule has 0 N–H and O–H groups in total. The minimum atomic E-state index is 0.579. The van der Waals surface area contributed by atoms with E-state index in [9.17, 15) is 0 Å². The Morgan fingerprint density at radius 3 is 2.57 bits per heavy atom. The highest BCUT2D eigenvalue weighted by molar-refractivity contribution is 5.27. The summed E-state index contributed by atoms with van der Waals surface area (Å²) in [4.78, 5) is 0. The van der Waals surface area contributed by atoms with Gasteiger partial charge in [-0.15, -0.1) is 0 Å². The number of benzene rings is 1. The zero-order valence-corrected chi connectivity index (χ0v) is 8.49. The lowest BCUT2D eigenvalue weighted by Crippen LogP contribution is -1.94. The maximum Gasteiger partial charge on any atom is 0.119 e. The summed E-state index contributed by atoms with van der Waals surface area (Å²) in [6.07, 6.45) is 2.43. The van der Waals surface area contributed by atoms with Crippen LogP contribution in [-0.4, -0.2) is 6.61 Å². The van der Waals surface area contributed by atoms with Crippen LogP contribution in [0.5, 0.6) is 5.75 Å². The summed E-state index contributed by atoms with van der Waals surface area (Å²) in [5.74, 6) is 0.910. The van der Waals surface area contributed by atoms with Crippen LogP contribution in [0, 0.1) is 11.3 Å². The molecule has 0 aliphatic carbocycles. The Kier molecular flexibility index (Phi) is 4.57. The Hall–Kier alpha value is -1.49. The van der Waals surface area contributed by atoms with Crippen LogP contribution in [0.25, 0.3) is 0 Å². The molecule has 0 heterocycles. The Balaban J connectivity index is 2.47. The second-order valence-corrected chi connectivity index (χ2v) is 3.15. The molecule has 0 atom stereocenters. The predicted octanol–water partition coefficient (Wildman–Crippen LogP) is 2.93. The first-order valence-electron chi connectivity index (χ1n) is 4.95. The van der Waals surface area contributed by atoms with Crippen molar-refractivity contribution in [1.29, 1.82) is 5.26 Å². The molecule has 0 aromatic heterocycles. The molecule has 1 aromatic carbocycles. The second kappa shape index (κ2) is 6.04. The molecule has 0 unspecified atom stereocenters. The molecular formula is C12H15NO. The fourth-order valence-corrected chi connectivity index (χ4v) is 1.17. The quantitative estimate of drug-likeness (QED) is 0.713. The minimum absolute atomic E-state index is 0.579. The van der Waals surface area contributed by atoms with E-state index in [0.717, 1.165) is 25.2 Å². The van der Waals surface area contributed by atoms with Crippen LogP contribution in [0.4, 0.5) is 0 Å². The highest BCUT2D eigenvalue weighted by Gasteiger charge is 1.94. The molecule has 14 heavy (non-hydrogen) atoms. The first kappa shape index (κ1) is 10.6. The second-order valence-electron chi connectivity index (χ2n) is 3.15.